The Morgan fingerprint density at radius 2 is 1.01 bits per heavy atom. The Balaban J connectivity index is 0.000000236. The number of esters is 2. The van der Waals surface area contributed by atoms with Crippen LogP contribution in [0.15, 0.2) is 119 Å². The third-order valence-electron chi connectivity index (χ3n) is 11.7. The summed E-state index contributed by atoms with van der Waals surface area (Å²) >= 11 is 2.15. The van der Waals surface area contributed by atoms with Crippen LogP contribution in [0, 0.1) is 3.57 Å². The molecule has 2 atom stereocenters. The molecule has 12 nitrogen and oxygen atoms in total. The predicted molar refractivity (Wildman–Crippen MR) is 282 cm³/mol. The van der Waals surface area contributed by atoms with Gasteiger partial charge in [0, 0.05) is 15.7 Å². The summed E-state index contributed by atoms with van der Waals surface area (Å²) < 4.78 is 81.9. The topological polar surface area (TPSA) is 163 Å². The zero-order valence-corrected chi connectivity index (χ0v) is 45.3. The van der Waals surface area contributed by atoms with Crippen molar-refractivity contribution in [3.05, 3.63) is 141 Å². The molecule has 2 unspecified atom stereocenters. The Morgan fingerprint density at radius 1 is 0.586 bits per heavy atom. The van der Waals surface area contributed by atoms with Crippen molar-refractivity contribution in [3.63, 3.8) is 0 Å². The molecule has 2 aliphatic carbocycles. The average Bonchev–Trinajstić information content (AvgIpc) is 3.63. The van der Waals surface area contributed by atoms with Gasteiger partial charge < -0.3 is 18.9 Å². The zero-order chi connectivity index (χ0) is 50.9. The maximum atomic E-state index is 13.4. The van der Waals surface area contributed by atoms with E-state index in [0.717, 1.165) is 75.5 Å². The van der Waals surface area contributed by atoms with Gasteiger partial charge in [-0.05, 0) is 196 Å². The fourth-order valence-electron chi connectivity index (χ4n) is 8.52. The molecular weight excluding hydrogens is 1040 g/mol. The average molecular weight is 1110 g/mol. The van der Waals surface area contributed by atoms with Crippen molar-refractivity contribution in [1.82, 2.24) is 9.44 Å². The van der Waals surface area contributed by atoms with Crippen molar-refractivity contribution < 1.29 is 45.4 Å². The van der Waals surface area contributed by atoms with Crippen LogP contribution in [0.2, 0.25) is 0 Å². The molecule has 0 aromatic heterocycles. The number of fused-ring (bicyclic) bond motifs is 2. The number of sulfonamides is 2. The second-order valence-electron chi connectivity index (χ2n) is 20.0. The molecule has 0 amide bonds. The van der Waals surface area contributed by atoms with Crippen molar-refractivity contribution in [3.8, 4) is 22.6 Å². The first kappa shape index (κ1) is 54.5. The molecule has 0 saturated heterocycles. The van der Waals surface area contributed by atoms with Crippen molar-refractivity contribution in [2.45, 2.75) is 146 Å². The number of rotatable bonds is 14. The van der Waals surface area contributed by atoms with E-state index < -0.39 is 43.2 Å². The van der Waals surface area contributed by atoms with Gasteiger partial charge >= 0.3 is 11.9 Å². The number of carbonyl (C=O) groups is 2. The number of benzene rings is 5. The van der Waals surface area contributed by atoms with E-state index in [-0.39, 0.29) is 35.1 Å². The van der Waals surface area contributed by atoms with Gasteiger partial charge in [0.15, 0.2) is 13.2 Å². The van der Waals surface area contributed by atoms with E-state index in [1.807, 2.05) is 102 Å². The van der Waals surface area contributed by atoms with Crippen LogP contribution in [0.4, 0.5) is 0 Å². The van der Waals surface area contributed by atoms with Crippen LogP contribution in [0.5, 0.6) is 11.5 Å². The molecule has 15 heteroatoms. The SMILES string of the molecule is CC(C)(C)OC(=O)COc1cccc2c1CCCCC2NS(=O)(=O)c1ccc(I)cc1.CC(C)c1cccc(-c2ccc(S(=O)(=O)NC3CCCCc4c(OCC(=O)OC(C)(C)C)cccc43)cc2)c1. The number of hydrogen-bond donors (Lipinski definition) is 2. The normalized spacial score (nSPS) is 16.3. The largest absolute Gasteiger partial charge is 0.482 e. The Morgan fingerprint density at radius 3 is 1.44 bits per heavy atom. The maximum Gasteiger partial charge on any atom is 0.344 e. The van der Waals surface area contributed by atoms with E-state index in [0.29, 0.717) is 30.3 Å². The summed E-state index contributed by atoms with van der Waals surface area (Å²) in [6.07, 6.45) is 6.49. The van der Waals surface area contributed by atoms with Gasteiger partial charge in [-0.1, -0.05) is 87.4 Å². The second-order valence-corrected chi connectivity index (χ2v) is 24.7. The zero-order valence-electron chi connectivity index (χ0n) is 41.5. The number of carbonyl (C=O) groups excluding carboxylic acids is 2. The molecule has 5 aromatic rings. The van der Waals surface area contributed by atoms with Gasteiger partial charge in [-0.3, -0.25) is 0 Å². The standard InChI is InChI=1S/C32H39NO5S.C23H28INO5S/c1-22(2)24-10-8-11-25(20-24)23-16-18-26(19-17-23)39(35,36)33-29-14-7-6-12-28-27(29)13-9-15-30(28)37-21-31(34)38-32(3,4)5;1-23(2,3)30-22(26)15-29-21-10-6-8-18-19(21)7-4-5-9-20(18)25-31(27,28)17-13-11-16(24)12-14-17/h8-11,13,15-20,22,29,33H,6-7,12,14,21H2,1-5H3;6,8,10-14,20,25H,4-5,7,9,15H2,1-3H3. The molecule has 0 fully saturated rings. The maximum absolute atomic E-state index is 13.4. The first-order valence-corrected chi connectivity index (χ1v) is 28.0. The van der Waals surface area contributed by atoms with Crippen LogP contribution >= 0.6 is 22.6 Å². The highest BCUT2D eigenvalue weighted by Gasteiger charge is 2.29. The third kappa shape index (κ3) is 15.6. The number of halogens is 1. The van der Waals surface area contributed by atoms with E-state index >= 15 is 0 Å². The quantitative estimate of drug-likeness (QED) is 0.0621. The van der Waals surface area contributed by atoms with Crippen LogP contribution in [-0.2, 0) is 52.0 Å². The molecule has 2 N–H and O–H groups in total. The second kappa shape index (κ2) is 23.6. The number of ether oxygens (including phenoxy) is 4. The van der Waals surface area contributed by atoms with Crippen molar-refractivity contribution >= 4 is 54.6 Å². The Labute approximate surface area is 428 Å². The van der Waals surface area contributed by atoms with Crippen molar-refractivity contribution in [2.24, 2.45) is 0 Å². The first-order valence-electron chi connectivity index (χ1n) is 23.9. The van der Waals surface area contributed by atoms with E-state index in [9.17, 15) is 26.4 Å². The van der Waals surface area contributed by atoms with E-state index in [2.05, 4.69) is 58.0 Å². The van der Waals surface area contributed by atoms with Crippen molar-refractivity contribution in [2.75, 3.05) is 13.2 Å². The lowest BCUT2D eigenvalue weighted by Gasteiger charge is -2.22. The lowest BCUT2D eigenvalue weighted by molar-refractivity contribution is -0.158. The van der Waals surface area contributed by atoms with E-state index in [4.69, 9.17) is 18.9 Å². The van der Waals surface area contributed by atoms with Gasteiger partial charge in [-0.25, -0.2) is 35.9 Å². The summed E-state index contributed by atoms with van der Waals surface area (Å²) in [6, 6.07) is 32.6. The molecule has 5 aromatic carbocycles. The summed E-state index contributed by atoms with van der Waals surface area (Å²) in [4.78, 5) is 24.7. The monoisotopic (exact) mass is 1110 g/mol. The van der Waals surface area contributed by atoms with Crippen LogP contribution in [-0.4, -0.2) is 53.2 Å². The fourth-order valence-corrected chi connectivity index (χ4v) is 11.4. The van der Waals surface area contributed by atoms with Crippen LogP contribution < -0.4 is 18.9 Å². The molecule has 0 saturated carbocycles. The van der Waals surface area contributed by atoms with Crippen LogP contribution in [0.3, 0.4) is 0 Å². The highest BCUT2D eigenvalue weighted by Crippen LogP contribution is 2.37. The van der Waals surface area contributed by atoms with Crippen LogP contribution in [0.1, 0.15) is 140 Å². The Hall–Kier alpha value is -4.81. The van der Waals surface area contributed by atoms with Gasteiger partial charge in [0.2, 0.25) is 20.0 Å². The highest BCUT2D eigenvalue weighted by molar-refractivity contribution is 14.1. The first-order chi connectivity index (χ1) is 33.0. The van der Waals surface area contributed by atoms with Gasteiger partial charge in [-0.2, -0.15) is 0 Å². The lowest BCUT2D eigenvalue weighted by atomic mass is 9.97. The molecule has 2 aliphatic rings. The minimum Gasteiger partial charge on any atom is -0.482 e. The number of nitrogens with one attached hydrogen (secondary N) is 2. The molecule has 70 heavy (non-hydrogen) atoms. The van der Waals surface area contributed by atoms with Gasteiger partial charge in [-0.15, -0.1) is 0 Å². The molecule has 0 spiro atoms. The third-order valence-corrected chi connectivity index (χ3v) is 15.4. The summed E-state index contributed by atoms with van der Waals surface area (Å²) in [7, 11) is -7.43. The fraction of sp³-hybridized carbons (Fsp3) is 0.418. The highest BCUT2D eigenvalue weighted by atomic mass is 127. The lowest BCUT2D eigenvalue weighted by Crippen LogP contribution is -2.29. The van der Waals surface area contributed by atoms with Crippen LogP contribution in [0.25, 0.3) is 11.1 Å². The Bertz CT molecular complexity index is 2820. The summed E-state index contributed by atoms with van der Waals surface area (Å²) in [5.74, 6) is 0.737. The molecule has 0 aliphatic heterocycles. The molecule has 7 rings (SSSR count). The van der Waals surface area contributed by atoms with Gasteiger partial charge in [0.25, 0.3) is 0 Å². The van der Waals surface area contributed by atoms with E-state index in [1.54, 1.807) is 36.4 Å². The minimum absolute atomic E-state index is 0.188. The summed E-state index contributed by atoms with van der Waals surface area (Å²) in [6.45, 7) is 14.8. The Kier molecular flexibility index (Phi) is 18.4. The van der Waals surface area contributed by atoms with E-state index in [1.165, 1.54) is 5.56 Å². The molecule has 0 bridgehead atoms. The summed E-state index contributed by atoms with van der Waals surface area (Å²) in [5.41, 5.74) is 5.78. The van der Waals surface area contributed by atoms with Gasteiger partial charge in [0.1, 0.15) is 22.7 Å². The smallest absolute Gasteiger partial charge is 0.344 e. The predicted octanol–water partition coefficient (Wildman–Crippen LogP) is 11.7. The molecule has 376 valence electrons. The molecule has 0 radical (unpaired) electrons. The summed E-state index contributed by atoms with van der Waals surface area (Å²) in [5, 5.41) is 0. The van der Waals surface area contributed by atoms with Crippen molar-refractivity contribution in [1.29, 1.82) is 0 Å². The minimum atomic E-state index is -3.76. The number of hydrogen-bond acceptors (Lipinski definition) is 10. The molecule has 0 heterocycles. The van der Waals surface area contributed by atoms with Gasteiger partial charge in [0.05, 0.1) is 9.79 Å². The molecular formula is C55H67IN2O10S2.